The van der Waals surface area contributed by atoms with Gasteiger partial charge in [-0.05, 0) is 12.2 Å². The Balaban J connectivity index is 3.84. The van der Waals surface area contributed by atoms with E-state index in [0.717, 1.165) is 5.70 Å². The summed E-state index contributed by atoms with van der Waals surface area (Å²) in [5, 5.41) is 4.45. The third-order valence-electron chi connectivity index (χ3n) is 0.756. The van der Waals surface area contributed by atoms with Gasteiger partial charge < -0.3 is 5.32 Å². The predicted molar refractivity (Wildman–Crippen MR) is 41.0 cm³/mol. The van der Waals surface area contributed by atoms with E-state index in [0.29, 0.717) is 0 Å². The standard InChI is InChI=1S/C6H9NS/c1-3-6(7-2)4-5-8/h3-5,7H,1H2,2H3/b6-4+. The number of likely N-dealkylation sites (N-methyl/N-ethyl adjacent to an activating group) is 1. The van der Waals surface area contributed by atoms with Gasteiger partial charge in [-0.3, -0.25) is 0 Å². The first-order valence-electron chi connectivity index (χ1n) is 2.30. The molecule has 0 saturated heterocycles. The first-order valence-corrected chi connectivity index (χ1v) is 2.78. The molecule has 0 aromatic rings. The summed E-state index contributed by atoms with van der Waals surface area (Å²) in [6.45, 7) is 3.55. The second-order valence-corrected chi connectivity index (χ2v) is 1.48. The molecule has 2 heteroatoms. The molecule has 0 saturated carbocycles. The number of nitrogens with one attached hydrogen (secondary N) is 1. The van der Waals surface area contributed by atoms with Crippen molar-refractivity contribution in [2.24, 2.45) is 0 Å². The van der Waals surface area contributed by atoms with Crippen molar-refractivity contribution in [2.75, 3.05) is 7.05 Å². The lowest BCUT2D eigenvalue weighted by Crippen LogP contribution is -2.01. The first kappa shape index (κ1) is 7.37. The number of allylic oxidation sites excluding steroid dienone is 2. The number of rotatable bonds is 3. The zero-order valence-corrected chi connectivity index (χ0v) is 5.66. The smallest absolute Gasteiger partial charge is 0.0339 e. The topological polar surface area (TPSA) is 12.0 Å². The van der Waals surface area contributed by atoms with E-state index in [1.165, 1.54) is 0 Å². The highest BCUT2D eigenvalue weighted by molar-refractivity contribution is 7.79. The van der Waals surface area contributed by atoms with Crippen molar-refractivity contribution in [1.29, 1.82) is 0 Å². The van der Waals surface area contributed by atoms with Crippen LogP contribution in [0.2, 0.25) is 0 Å². The van der Waals surface area contributed by atoms with E-state index in [2.05, 4.69) is 24.1 Å². The summed E-state index contributed by atoms with van der Waals surface area (Å²) < 4.78 is 0. The maximum Gasteiger partial charge on any atom is 0.0339 e. The summed E-state index contributed by atoms with van der Waals surface area (Å²) in [6, 6.07) is 0. The molecular weight excluding hydrogens is 118 g/mol. The monoisotopic (exact) mass is 127 g/mol. The van der Waals surface area contributed by atoms with E-state index in [1.54, 1.807) is 17.5 Å². The molecule has 0 aliphatic carbocycles. The minimum atomic E-state index is 0.944. The lowest BCUT2D eigenvalue weighted by Gasteiger charge is -1.93. The van der Waals surface area contributed by atoms with E-state index in [-0.39, 0.29) is 0 Å². The van der Waals surface area contributed by atoms with Gasteiger partial charge in [0.15, 0.2) is 0 Å². The maximum atomic E-state index is 4.57. The van der Waals surface area contributed by atoms with Crippen LogP contribution >= 0.6 is 12.2 Å². The molecular formula is C6H9NS. The highest BCUT2D eigenvalue weighted by Gasteiger charge is 1.77. The summed E-state index contributed by atoms with van der Waals surface area (Å²) in [4.78, 5) is 0. The van der Waals surface area contributed by atoms with Crippen LogP contribution in [0.15, 0.2) is 24.4 Å². The SMILES string of the molecule is C=C/C(=C\C=S)NC. The summed E-state index contributed by atoms with van der Waals surface area (Å²) in [6.07, 6.45) is 3.49. The Bertz CT molecular complexity index is 116. The van der Waals surface area contributed by atoms with Gasteiger partial charge in [-0.25, -0.2) is 0 Å². The maximum absolute atomic E-state index is 4.57. The van der Waals surface area contributed by atoms with Crippen molar-refractivity contribution >= 4 is 17.6 Å². The molecule has 0 aromatic heterocycles. The van der Waals surface area contributed by atoms with Crippen LogP contribution in [0.3, 0.4) is 0 Å². The summed E-state index contributed by atoms with van der Waals surface area (Å²) in [7, 11) is 1.83. The van der Waals surface area contributed by atoms with Crippen LogP contribution in [0.5, 0.6) is 0 Å². The lowest BCUT2D eigenvalue weighted by molar-refractivity contribution is 1.04. The molecule has 8 heavy (non-hydrogen) atoms. The van der Waals surface area contributed by atoms with Crippen LogP contribution in [-0.4, -0.2) is 12.4 Å². The van der Waals surface area contributed by atoms with E-state index in [1.807, 2.05) is 7.05 Å². The second-order valence-electron chi connectivity index (χ2n) is 1.21. The minimum absolute atomic E-state index is 0.944. The molecule has 1 N–H and O–H groups in total. The van der Waals surface area contributed by atoms with Crippen molar-refractivity contribution in [2.45, 2.75) is 0 Å². The normalized spacial score (nSPS) is 10.4. The molecule has 0 amide bonds. The van der Waals surface area contributed by atoms with Crippen LogP contribution in [0.1, 0.15) is 0 Å². The fourth-order valence-electron chi connectivity index (χ4n) is 0.327. The summed E-state index contributed by atoms with van der Waals surface area (Å²) in [5.41, 5.74) is 0.944. The van der Waals surface area contributed by atoms with Crippen molar-refractivity contribution in [3.63, 3.8) is 0 Å². The van der Waals surface area contributed by atoms with Gasteiger partial charge in [0.25, 0.3) is 0 Å². The van der Waals surface area contributed by atoms with Crippen LogP contribution in [0.25, 0.3) is 0 Å². The van der Waals surface area contributed by atoms with Gasteiger partial charge in [0.2, 0.25) is 0 Å². The summed E-state index contributed by atoms with van der Waals surface area (Å²) >= 11 is 4.57. The largest absolute Gasteiger partial charge is 0.388 e. The van der Waals surface area contributed by atoms with E-state index in [9.17, 15) is 0 Å². The third kappa shape index (κ3) is 2.53. The fraction of sp³-hybridized carbons (Fsp3) is 0.167. The quantitative estimate of drug-likeness (QED) is 0.348. The van der Waals surface area contributed by atoms with Gasteiger partial charge in [0, 0.05) is 18.1 Å². The van der Waals surface area contributed by atoms with E-state index in [4.69, 9.17) is 0 Å². The zero-order chi connectivity index (χ0) is 6.41. The van der Waals surface area contributed by atoms with Crippen molar-refractivity contribution < 1.29 is 0 Å². The van der Waals surface area contributed by atoms with Crippen LogP contribution < -0.4 is 5.32 Å². The molecule has 0 atom stereocenters. The average molecular weight is 127 g/mol. The second kappa shape index (κ2) is 4.53. The molecule has 0 rings (SSSR count). The van der Waals surface area contributed by atoms with Gasteiger partial charge >= 0.3 is 0 Å². The highest BCUT2D eigenvalue weighted by atomic mass is 32.1. The molecule has 44 valence electrons. The van der Waals surface area contributed by atoms with Crippen molar-refractivity contribution in [1.82, 2.24) is 5.32 Å². The van der Waals surface area contributed by atoms with Gasteiger partial charge in [-0.15, -0.1) is 0 Å². The molecule has 1 nitrogen and oxygen atoms in total. The van der Waals surface area contributed by atoms with Gasteiger partial charge in [-0.2, -0.15) is 0 Å². The van der Waals surface area contributed by atoms with Gasteiger partial charge in [0.1, 0.15) is 0 Å². The van der Waals surface area contributed by atoms with Crippen molar-refractivity contribution in [3.8, 4) is 0 Å². The Hall–Kier alpha value is -0.630. The van der Waals surface area contributed by atoms with Crippen LogP contribution in [-0.2, 0) is 0 Å². The Morgan fingerprint density at radius 1 is 1.75 bits per heavy atom. The summed E-state index contributed by atoms with van der Waals surface area (Å²) in [5.74, 6) is 0. The Morgan fingerprint density at radius 3 is 2.50 bits per heavy atom. The molecule has 0 radical (unpaired) electrons. The van der Waals surface area contributed by atoms with Crippen LogP contribution in [0.4, 0.5) is 0 Å². The number of hydrogen-bond acceptors (Lipinski definition) is 2. The molecule has 0 heterocycles. The molecule has 0 fully saturated rings. The molecule has 0 aliphatic rings. The zero-order valence-electron chi connectivity index (χ0n) is 4.85. The molecule has 0 aliphatic heterocycles. The predicted octanol–water partition coefficient (Wildman–Crippen LogP) is 1.28. The van der Waals surface area contributed by atoms with E-state index < -0.39 is 0 Å². The Morgan fingerprint density at radius 2 is 2.38 bits per heavy atom. The van der Waals surface area contributed by atoms with Crippen molar-refractivity contribution in [3.05, 3.63) is 24.4 Å². The Labute approximate surface area is 55.1 Å². The fourth-order valence-corrected chi connectivity index (χ4v) is 0.473. The minimum Gasteiger partial charge on any atom is -0.388 e. The molecule has 0 spiro atoms. The third-order valence-corrected chi connectivity index (χ3v) is 0.892. The number of hydrogen-bond donors (Lipinski definition) is 1. The molecule has 0 unspecified atom stereocenters. The number of thiocarbonyl (C=S) groups is 1. The lowest BCUT2D eigenvalue weighted by atomic mass is 10.4. The Kier molecular flexibility index (Phi) is 4.17. The van der Waals surface area contributed by atoms with E-state index >= 15 is 0 Å². The first-order chi connectivity index (χ1) is 3.85. The highest BCUT2D eigenvalue weighted by Crippen LogP contribution is 1.83. The van der Waals surface area contributed by atoms with Gasteiger partial charge in [-0.1, -0.05) is 18.8 Å². The average Bonchev–Trinajstić information content (AvgIpc) is 1.83. The molecule has 0 aromatic carbocycles. The van der Waals surface area contributed by atoms with Crippen LogP contribution in [0, 0.1) is 0 Å². The van der Waals surface area contributed by atoms with Gasteiger partial charge in [0.05, 0.1) is 0 Å². The molecule has 0 bridgehead atoms.